The van der Waals surface area contributed by atoms with Crippen molar-refractivity contribution in [3.63, 3.8) is 0 Å². The van der Waals surface area contributed by atoms with E-state index in [1.165, 1.54) is 6.20 Å². The first-order valence-electron chi connectivity index (χ1n) is 4.70. The predicted molar refractivity (Wildman–Crippen MR) is 63.0 cm³/mol. The first-order chi connectivity index (χ1) is 7.65. The van der Waals surface area contributed by atoms with Crippen molar-refractivity contribution in [2.75, 3.05) is 26.0 Å². The molecule has 0 aliphatic heterocycles. The van der Waals surface area contributed by atoms with Gasteiger partial charge in [-0.25, -0.2) is 9.97 Å². The molecule has 0 fully saturated rings. The Hall–Kier alpha value is -1.21. The van der Waals surface area contributed by atoms with Gasteiger partial charge in [0, 0.05) is 20.3 Å². The molecule has 1 heterocycles. The average Bonchev–Trinajstić information content (AvgIpc) is 2.27. The summed E-state index contributed by atoms with van der Waals surface area (Å²) in [5.41, 5.74) is 5.67. The number of carbonyl (C=O) groups is 1. The molecule has 0 aliphatic rings. The number of aromatic nitrogens is 2. The van der Waals surface area contributed by atoms with Crippen LogP contribution < -0.4 is 11.1 Å². The van der Waals surface area contributed by atoms with Crippen LogP contribution in [0.1, 0.15) is 16.9 Å². The van der Waals surface area contributed by atoms with Crippen LogP contribution in [0.5, 0.6) is 0 Å². The Morgan fingerprint density at radius 2 is 2.44 bits per heavy atom. The van der Waals surface area contributed by atoms with E-state index in [1.807, 2.05) is 0 Å². The second kappa shape index (κ2) is 6.39. The Bertz CT molecular complexity index is 373. The van der Waals surface area contributed by atoms with Crippen LogP contribution in [0, 0.1) is 0 Å². The SMILES string of the molecule is COCCCNC(=O)c1nc(Br)cnc1N. The maximum atomic E-state index is 11.6. The molecule has 0 spiro atoms. The van der Waals surface area contributed by atoms with Gasteiger partial charge in [-0.3, -0.25) is 4.79 Å². The third kappa shape index (κ3) is 3.74. The number of nitrogens with two attached hydrogens (primary N) is 1. The summed E-state index contributed by atoms with van der Waals surface area (Å²) in [6.07, 6.45) is 2.18. The van der Waals surface area contributed by atoms with Gasteiger partial charge < -0.3 is 15.8 Å². The Morgan fingerprint density at radius 3 is 3.12 bits per heavy atom. The molecule has 0 aromatic carbocycles. The molecule has 3 N–H and O–H groups in total. The third-order valence-corrected chi connectivity index (χ3v) is 2.18. The summed E-state index contributed by atoms with van der Waals surface area (Å²) in [4.78, 5) is 19.4. The van der Waals surface area contributed by atoms with Gasteiger partial charge in [0.2, 0.25) is 0 Å². The molecule has 0 radical (unpaired) electrons. The quantitative estimate of drug-likeness (QED) is 0.774. The number of carbonyl (C=O) groups excluding carboxylic acids is 1. The summed E-state index contributed by atoms with van der Waals surface area (Å²) in [5.74, 6) is -0.213. The number of amides is 1. The van der Waals surface area contributed by atoms with Gasteiger partial charge in [-0.2, -0.15) is 0 Å². The van der Waals surface area contributed by atoms with E-state index in [1.54, 1.807) is 7.11 Å². The lowest BCUT2D eigenvalue weighted by atomic mass is 10.3. The zero-order valence-electron chi connectivity index (χ0n) is 8.86. The van der Waals surface area contributed by atoms with Crippen molar-refractivity contribution in [3.8, 4) is 0 Å². The summed E-state index contributed by atoms with van der Waals surface area (Å²) in [5, 5.41) is 2.68. The van der Waals surface area contributed by atoms with Crippen LogP contribution in [0.15, 0.2) is 10.8 Å². The van der Waals surface area contributed by atoms with Gasteiger partial charge in [0.25, 0.3) is 5.91 Å². The van der Waals surface area contributed by atoms with Gasteiger partial charge in [-0.1, -0.05) is 0 Å². The number of methoxy groups -OCH3 is 1. The maximum absolute atomic E-state index is 11.6. The summed E-state index contributed by atoms with van der Waals surface area (Å²) in [6.45, 7) is 1.11. The number of rotatable bonds is 5. The van der Waals surface area contributed by atoms with Crippen molar-refractivity contribution < 1.29 is 9.53 Å². The molecule has 6 nitrogen and oxygen atoms in total. The summed E-state index contributed by atoms with van der Waals surface area (Å²) in [7, 11) is 1.61. The number of ether oxygens (including phenoxy) is 1. The number of nitrogens with one attached hydrogen (secondary N) is 1. The van der Waals surface area contributed by atoms with E-state index < -0.39 is 0 Å². The number of hydrogen-bond donors (Lipinski definition) is 2. The van der Waals surface area contributed by atoms with Crippen LogP contribution in [0.4, 0.5) is 5.82 Å². The van der Waals surface area contributed by atoms with Gasteiger partial charge in [0.05, 0.1) is 6.20 Å². The Labute approximate surface area is 102 Å². The second-order valence-corrected chi connectivity index (χ2v) is 3.84. The fourth-order valence-electron chi connectivity index (χ4n) is 1.05. The van der Waals surface area contributed by atoms with E-state index in [0.717, 1.165) is 6.42 Å². The average molecular weight is 289 g/mol. The minimum atomic E-state index is -0.331. The number of halogens is 1. The lowest BCUT2D eigenvalue weighted by Crippen LogP contribution is -2.27. The van der Waals surface area contributed by atoms with Gasteiger partial charge >= 0.3 is 0 Å². The molecule has 1 aromatic rings. The van der Waals surface area contributed by atoms with Crippen LogP contribution in [-0.2, 0) is 4.74 Å². The maximum Gasteiger partial charge on any atom is 0.273 e. The zero-order chi connectivity index (χ0) is 12.0. The van der Waals surface area contributed by atoms with Gasteiger partial charge in [0.1, 0.15) is 4.60 Å². The van der Waals surface area contributed by atoms with Crippen molar-refractivity contribution in [3.05, 3.63) is 16.5 Å². The largest absolute Gasteiger partial charge is 0.385 e. The van der Waals surface area contributed by atoms with E-state index in [9.17, 15) is 4.79 Å². The van der Waals surface area contributed by atoms with Crippen molar-refractivity contribution in [1.82, 2.24) is 15.3 Å². The molecule has 88 valence electrons. The minimum Gasteiger partial charge on any atom is -0.385 e. The highest BCUT2D eigenvalue weighted by molar-refractivity contribution is 9.10. The number of hydrogen-bond acceptors (Lipinski definition) is 5. The fourth-order valence-corrected chi connectivity index (χ4v) is 1.33. The van der Waals surface area contributed by atoms with Crippen LogP contribution in [0.3, 0.4) is 0 Å². The highest BCUT2D eigenvalue weighted by Gasteiger charge is 2.12. The van der Waals surface area contributed by atoms with Gasteiger partial charge in [0.15, 0.2) is 11.5 Å². The molecule has 0 bridgehead atoms. The smallest absolute Gasteiger partial charge is 0.273 e. The lowest BCUT2D eigenvalue weighted by Gasteiger charge is -2.05. The predicted octanol–water partition coefficient (Wildman–Crippen LogP) is 0.588. The molecule has 1 aromatic heterocycles. The molecule has 16 heavy (non-hydrogen) atoms. The van der Waals surface area contributed by atoms with Crippen LogP contribution in [-0.4, -0.2) is 36.1 Å². The first-order valence-corrected chi connectivity index (χ1v) is 5.49. The van der Waals surface area contributed by atoms with Crippen LogP contribution in [0.25, 0.3) is 0 Å². The Morgan fingerprint density at radius 1 is 1.69 bits per heavy atom. The third-order valence-electron chi connectivity index (χ3n) is 1.80. The Balaban J connectivity index is 2.55. The molecule has 1 rings (SSSR count). The molecule has 0 unspecified atom stereocenters. The van der Waals surface area contributed by atoms with Gasteiger partial charge in [-0.05, 0) is 22.4 Å². The standard InChI is InChI=1S/C9H13BrN4O2/c1-16-4-2-3-12-9(15)7-8(11)13-5-6(10)14-7/h5H,2-4H2,1H3,(H2,11,13)(H,12,15). The zero-order valence-corrected chi connectivity index (χ0v) is 10.5. The molecule has 0 saturated heterocycles. The molecule has 0 atom stereocenters. The number of nitrogen functional groups attached to an aromatic ring is 1. The Kier molecular flexibility index (Phi) is 5.13. The second-order valence-electron chi connectivity index (χ2n) is 3.03. The molecule has 0 saturated carbocycles. The first kappa shape index (κ1) is 12.9. The highest BCUT2D eigenvalue weighted by Crippen LogP contribution is 2.10. The molecule has 1 amide bonds. The van der Waals surface area contributed by atoms with E-state index >= 15 is 0 Å². The summed E-state index contributed by atoms with van der Waals surface area (Å²) >= 11 is 3.13. The van der Waals surface area contributed by atoms with Crippen LogP contribution in [0.2, 0.25) is 0 Å². The fraction of sp³-hybridized carbons (Fsp3) is 0.444. The lowest BCUT2D eigenvalue weighted by molar-refractivity contribution is 0.0944. The van der Waals surface area contributed by atoms with Crippen LogP contribution >= 0.6 is 15.9 Å². The summed E-state index contributed by atoms with van der Waals surface area (Å²) in [6, 6.07) is 0. The topological polar surface area (TPSA) is 90.1 Å². The minimum absolute atomic E-state index is 0.118. The van der Waals surface area contributed by atoms with Crippen molar-refractivity contribution in [2.45, 2.75) is 6.42 Å². The van der Waals surface area contributed by atoms with E-state index in [2.05, 4.69) is 31.2 Å². The monoisotopic (exact) mass is 288 g/mol. The molecule has 7 heteroatoms. The number of anilines is 1. The highest BCUT2D eigenvalue weighted by atomic mass is 79.9. The van der Waals surface area contributed by atoms with Crippen molar-refractivity contribution in [1.29, 1.82) is 0 Å². The normalized spacial score (nSPS) is 10.1. The van der Waals surface area contributed by atoms with Gasteiger partial charge in [-0.15, -0.1) is 0 Å². The van der Waals surface area contributed by atoms with E-state index in [4.69, 9.17) is 10.5 Å². The van der Waals surface area contributed by atoms with E-state index in [0.29, 0.717) is 17.8 Å². The molecule has 0 aliphatic carbocycles. The van der Waals surface area contributed by atoms with Crippen molar-refractivity contribution >= 4 is 27.7 Å². The summed E-state index contributed by atoms with van der Waals surface area (Å²) < 4.78 is 5.34. The van der Waals surface area contributed by atoms with Crippen molar-refractivity contribution in [2.24, 2.45) is 0 Å². The molecular formula is C9H13BrN4O2. The number of nitrogens with zero attached hydrogens (tertiary/aromatic N) is 2. The molecular weight excluding hydrogens is 276 g/mol. The van der Waals surface area contributed by atoms with E-state index in [-0.39, 0.29) is 17.4 Å².